The van der Waals surface area contributed by atoms with Crippen LogP contribution in [0.5, 0.6) is 5.75 Å². The van der Waals surface area contributed by atoms with Crippen LogP contribution in [-0.4, -0.2) is 22.5 Å². The van der Waals surface area contributed by atoms with Crippen LogP contribution in [0.1, 0.15) is 20.8 Å². The molecule has 2 rings (SSSR count). The lowest BCUT2D eigenvalue weighted by molar-refractivity contribution is -0.114. The van der Waals surface area contributed by atoms with Crippen LogP contribution in [0.25, 0.3) is 11.3 Å². The van der Waals surface area contributed by atoms with E-state index in [1.54, 1.807) is 18.2 Å². The summed E-state index contributed by atoms with van der Waals surface area (Å²) in [5.74, 6) is 0.375. The average Bonchev–Trinajstić information content (AvgIpc) is 2.87. The first-order valence-electron chi connectivity index (χ1n) is 6.76. The molecule has 0 fully saturated rings. The molecule has 1 aromatic heterocycles. The Hall–Kier alpha value is -2.08. The summed E-state index contributed by atoms with van der Waals surface area (Å²) in [5.41, 5.74) is 2.06. The highest BCUT2D eigenvalue weighted by Gasteiger charge is 2.09. The standard InChI is InChI=1S/C15H19N3O2S/c1-9(2)7-16-15-18-13(8-21-15)11-4-5-14(20)12(6-11)17-10(3)19/h4-6,8-9,20H,7H2,1-3H3,(H,16,18)(H,17,19). The number of hydrogen-bond acceptors (Lipinski definition) is 5. The summed E-state index contributed by atoms with van der Waals surface area (Å²) in [6.07, 6.45) is 0. The highest BCUT2D eigenvalue weighted by Crippen LogP contribution is 2.31. The van der Waals surface area contributed by atoms with Gasteiger partial charge in [0.1, 0.15) is 5.75 Å². The molecule has 0 aliphatic carbocycles. The molecule has 0 unspecified atom stereocenters. The van der Waals surface area contributed by atoms with Gasteiger partial charge in [-0.15, -0.1) is 11.3 Å². The third-order valence-corrected chi connectivity index (χ3v) is 3.57. The van der Waals surface area contributed by atoms with E-state index in [4.69, 9.17) is 0 Å². The lowest BCUT2D eigenvalue weighted by Gasteiger charge is -2.07. The van der Waals surface area contributed by atoms with Crippen LogP contribution in [0.15, 0.2) is 23.6 Å². The fraction of sp³-hybridized carbons (Fsp3) is 0.333. The SMILES string of the molecule is CC(=O)Nc1cc(-c2csc(NCC(C)C)n2)ccc1O. The molecule has 0 radical (unpaired) electrons. The molecule has 5 nitrogen and oxygen atoms in total. The zero-order chi connectivity index (χ0) is 15.4. The molecule has 1 aromatic carbocycles. The zero-order valence-corrected chi connectivity index (χ0v) is 13.1. The topological polar surface area (TPSA) is 74.2 Å². The van der Waals surface area contributed by atoms with Gasteiger partial charge in [-0.1, -0.05) is 13.8 Å². The lowest BCUT2D eigenvalue weighted by Crippen LogP contribution is -2.07. The highest BCUT2D eigenvalue weighted by atomic mass is 32.1. The Labute approximate surface area is 128 Å². The molecular formula is C15H19N3O2S. The molecule has 0 saturated carbocycles. The number of aromatic nitrogens is 1. The molecule has 1 heterocycles. The zero-order valence-electron chi connectivity index (χ0n) is 12.3. The first-order valence-corrected chi connectivity index (χ1v) is 7.64. The second-order valence-electron chi connectivity index (χ2n) is 5.23. The molecule has 2 aromatic rings. The van der Waals surface area contributed by atoms with Crippen molar-refractivity contribution < 1.29 is 9.90 Å². The minimum absolute atomic E-state index is 0.0438. The summed E-state index contributed by atoms with van der Waals surface area (Å²) in [5, 5.41) is 18.4. The number of anilines is 2. The van der Waals surface area contributed by atoms with Crippen LogP contribution in [0, 0.1) is 5.92 Å². The third kappa shape index (κ3) is 4.19. The van der Waals surface area contributed by atoms with Gasteiger partial charge in [0.05, 0.1) is 11.4 Å². The van der Waals surface area contributed by atoms with Gasteiger partial charge in [0.2, 0.25) is 5.91 Å². The molecular weight excluding hydrogens is 286 g/mol. The predicted octanol–water partition coefficient (Wildman–Crippen LogP) is 3.54. The molecule has 0 aliphatic rings. The van der Waals surface area contributed by atoms with Gasteiger partial charge >= 0.3 is 0 Å². The molecule has 21 heavy (non-hydrogen) atoms. The first kappa shape index (κ1) is 15.3. The number of carbonyl (C=O) groups excluding carboxylic acids is 1. The minimum Gasteiger partial charge on any atom is -0.506 e. The number of carbonyl (C=O) groups is 1. The third-order valence-electron chi connectivity index (χ3n) is 2.77. The number of benzene rings is 1. The van der Waals surface area contributed by atoms with Crippen molar-refractivity contribution in [3.8, 4) is 17.0 Å². The van der Waals surface area contributed by atoms with E-state index in [2.05, 4.69) is 29.5 Å². The van der Waals surface area contributed by atoms with Crippen molar-refractivity contribution in [1.29, 1.82) is 0 Å². The summed E-state index contributed by atoms with van der Waals surface area (Å²) in [7, 11) is 0. The van der Waals surface area contributed by atoms with Crippen molar-refractivity contribution in [3.05, 3.63) is 23.6 Å². The normalized spacial score (nSPS) is 10.7. The van der Waals surface area contributed by atoms with Crippen molar-refractivity contribution in [2.45, 2.75) is 20.8 Å². The van der Waals surface area contributed by atoms with Crippen LogP contribution >= 0.6 is 11.3 Å². The van der Waals surface area contributed by atoms with E-state index in [0.717, 1.165) is 22.9 Å². The van der Waals surface area contributed by atoms with Gasteiger partial charge < -0.3 is 15.7 Å². The molecule has 0 atom stereocenters. The molecule has 0 spiro atoms. The van der Waals surface area contributed by atoms with Crippen molar-refractivity contribution >= 4 is 28.1 Å². The summed E-state index contributed by atoms with van der Waals surface area (Å²) >= 11 is 1.54. The first-order chi connectivity index (χ1) is 9.95. The molecule has 3 N–H and O–H groups in total. The van der Waals surface area contributed by atoms with Gasteiger partial charge in [-0.2, -0.15) is 0 Å². The van der Waals surface area contributed by atoms with Gasteiger partial charge in [0.25, 0.3) is 0 Å². The Bertz CT molecular complexity index is 638. The smallest absolute Gasteiger partial charge is 0.221 e. The van der Waals surface area contributed by atoms with Gasteiger partial charge in [-0.3, -0.25) is 4.79 Å². The number of thiazole rings is 1. The molecule has 1 amide bonds. The van der Waals surface area contributed by atoms with Crippen LogP contribution < -0.4 is 10.6 Å². The van der Waals surface area contributed by atoms with Gasteiger partial charge in [-0.25, -0.2) is 4.98 Å². The summed E-state index contributed by atoms with van der Waals surface area (Å²) in [6.45, 7) is 6.56. The number of phenolic OH excluding ortho intramolecular Hbond substituents is 1. The number of hydrogen-bond donors (Lipinski definition) is 3. The number of amides is 1. The second kappa shape index (κ2) is 6.58. The number of nitrogens with zero attached hydrogens (tertiary/aromatic N) is 1. The van der Waals surface area contributed by atoms with Crippen LogP contribution in [0.2, 0.25) is 0 Å². The van der Waals surface area contributed by atoms with E-state index in [0.29, 0.717) is 11.6 Å². The number of nitrogens with one attached hydrogen (secondary N) is 2. The Kier molecular flexibility index (Phi) is 4.80. The van der Waals surface area contributed by atoms with Crippen molar-refractivity contribution in [1.82, 2.24) is 4.98 Å². The summed E-state index contributed by atoms with van der Waals surface area (Å²) in [4.78, 5) is 15.6. The lowest BCUT2D eigenvalue weighted by atomic mass is 10.1. The van der Waals surface area contributed by atoms with Crippen LogP contribution in [-0.2, 0) is 4.79 Å². The molecule has 0 saturated heterocycles. The van der Waals surface area contributed by atoms with E-state index >= 15 is 0 Å². The maximum absolute atomic E-state index is 11.1. The maximum atomic E-state index is 11.1. The van der Waals surface area contributed by atoms with E-state index in [1.807, 2.05) is 5.38 Å². The molecule has 0 bridgehead atoms. The Morgan fingerprint density at radius 1 is 1.43 bits per heavy atom. The van der Waals surface area contributed by atoms with Crippen molar-refractivity contribution in [3.63, 3.8) is 0 Å². The van der Waals surface area contributed by atoms with Crippen molar-refractivity contribution in [2.75, 3.05) is 17.2 Å². The largest absolute Gasteiger partial charge is 0.506 e. The Morgan fingerprint density at radius 2 is 2.19 bits per heavy atom. The molecule has 112 valence electrons. The van der Waals surface area contributed by atoms with E-state index in [-0.39, 0.29) is 11.7 Å². The minimum atomic E-state index is -0.222. The monoisotopic (exact) mass is 305 g/mol. The fourth-order valence-corrected chi connectivity index (χ4v) is 2.49. The molecule has 6 heteroatoms. The fourth-order valence-electron chi connectivity index (χ4n) is 1.76. The number of aromatic hydroxyl groups is 1. The second-order valence-corrected chi connectivity index (χ2v) is 6.08. The average molecular weight is 305 g/mol. The summed E-state index contributed by atoms with van der Waals surface area (Å²) < 4.78 is 0. The van der Waals surface area contributed by atoms with Gasteiger partial charge in [0, 0.05) is 24.4 Å². The predicted molar refractivity (Wildman–Crippen MR) is 86.8 cm³/mol. The van der Waals surface area contributed by atoms with E-state index < -0.39 is 0 Å². The Balaban J connectivity index is 2.20. The van der Waals surface area contributed by atoms with Gasteiger partial charge in [0.15, 0.2) is 5.13 Å². The van der Waals surface area contributed by atoms with Gasteiger partial charge in [-0.05, 0) is 24.1 Å². The maximum Gasteiger partial charge on any atom is 0.221 e. The van der Waals surface area contributed by atoms with Crippen LogP contribution in [0.4, 0.5) is 10.8 Å². The quantitative estimate of drug-likeness (QED) is 0.739. The number of phenols is 1. The van der Waals surface area contributed by atoms with Crippen molar-refractivity contribution in [2.24, 2.45) is 5.92 Å². The Morgan fingerprint density at radius 3 is 2.86 bits per heavy atom. The highest BCUT2D eigenvalue weighted by molar-refractivity contribution is 7.14. The summed E-state index contributed by atoms with van der Waals surface area (Å²) in [6, 6.07) is 5.06. The van der Waals surface area contributed by atoms with E-state index in [1.165, 1.54) is 18.3 Å². The van der Waals surface area contributed by atoms with Crippen LogP contribution in [0.3, 0.4) is 0 Å². The van der Waals surface area contributed by atoms with E-state index in [9.17, 15) is 9.90 Å². The molecule has 0 aliphatic heterocycles. The number of rotatable bonds is 5.